The maximum absolute atomic E-state index is 10.6. The van der Waals surface area contributed by atoms with Gasteiger partial charge < -0.3 is 15.2 Å². The van der Waals surface area contributed by atoms with Crippen molar-refractivity contribution in [3.63, 3.8) is 0 Å². The van der Waals surface area contributed by atoms with Crippen molar-refractivity contribution in [2.75, 3.05) is 0 Å². The van der Waals surface area contributed by atoms with E-state index in [-0.39, 0.29) is 18.4 Å². The monoisotopic (exact) mass is 172 g/mol. The highest BCUT2D eigenvalue weighted by molar-refractivity contribution is 5.74. The van der Waals surface area contributed by atoms with Crippen molar-refractivity contribution < 1.29 is 14.7 Å². The molecule has 1 N–H and O–H groups in total. The van der Waals surface area contributed by atoms with Crippen LogP contribution in [0.5, 0.6) is 0 Å². The fraction of sp³-hybridized carbons (Fsp3) is 0.750. The van der Waals surface area contributed by atoms with Crippen LogP contribution in [0.15, 0.2) is 0 Å². The number of hydrogen-bond donors (Lipinski definition) is 1. The molecule has 12 heavy (non-hydrogen) atoms. The molecule has 0 aromatic carbocycles. The second-order valence-electron chi connectivity index (χ2n) is 2.76. The Morgan fingerprint density at radius 3 is 2.42 bits per heavy atom. The molecule has 1 amide bonds. The van der Waals surface area contributed by atoms with E-state index >= 15 is 0 Å². The Kier molecular flexibility index (Phi) is 5.08. The Morgan fingerprint density at radius 2 is 2.08 bits per heavy atom. The molecule has 0 aliphatic carbocycles. The molecule has 4 nitrogen and oxygen atoms in total. The predicted octanol–water partition coefficient (Wildman–Crippen LogP) is -0.569. The molecule has 70 valence electrons. The minimum atomic E-state index is -1.12. The number of amides is 1. The topological polar surface area (TPSA) is 69.2 Å². The number of carboxylic acids is 1. The van der Waals surface area contributed by atoms with Crippen molar-refractivity contribution >= 4 is 11.9 Å². The third kappa shape index (κ3) is 5.70. The van der Waals surface area contributed by atoms with Gasteiger partial charge in [-0.05, 0) is 6.42 Å². The molecule has 4 heteroatoms. The van der Waals surface area contributed by atoms with Gasteiger partial charge in [-0.2, -0.15) is 0 Å². The Labute approximate surface area is 72.0 Å². The van der Waals surface area contributed by atoms with Gasteiger partial charge in [0.1, 0.15) is 0 Å². The van der Waals surface area contributed by atoms with Crippen LogP contribution in [-0.2, 0) is 9.59 Å². The maximum Gasteiger partial charge on any atom is 0.217 e. The molecular weight excluding hydrogens is 158 g/mol. The third-order valence-corrected chi connectivity index (χ3v) is 1.46. The van der Waals surface area contributed by atoms with Gasteiger partial charge in [-0.3, -0.25) is 4.79 Å². The van der Waals surface area contributed by atoms with Crippen LogP contribution in [0.3, 0.4) is 0 Å². The Morgan fingerprint density at radius 1 is 1.50 bits per heavy atom. The van der Waals surface area contributed by atoms with Crippen molar-refractivity contribution in [3.8, 4) is 0 Å². The molecule has 0 aromatic heterocycles. The van der Waals surface area contributed by atoms with Crippen molar-refractivity contribution in [1.29, 1.82) is 0 Å². The summed E-state index contributed by atoms with van der Waals surface area (Å²) >= 11 is 0. The van der Waals surface area contributed by atoms with E-state index in [1.54, 1.807) is 0 Å². The van der Waals surface area contributed by atoms with Gasteiger partial charge in [0.05, 0.1) is 0 Å². The Hall–Kier alpha value is -1.06. The van der Waals surface area contributed by atoms with E-state index in [9.17, 15) is 14.7 Å². The van der Waals surface area contributed by atoms with Gasteiger partial charge in [0.15, 0.2) is 0 Å². The average molecular weight is 172 g/mol. The molecule has 0 aliphatic heterocycles. The minimum absolute atomic E-state index is 0.104. The molecule has 0 aromatic rings. The summed E-state index contributed by atoms with van der Waals surface area (Å²) in [7, 11) is 0. The lowest BCUT2D eigenvalue weighted by atomic mass is 10.1. The largest absolute Gasteiger partial charge is 0.550 e. The van der Waals surface area contributed by atoms with E-state index in [0.717, 1.165) is 6.42 Å². The van der Waals surface area contributed by atoms with Crippen molar-refractivity contribution in [3.05, 3.63) is 0 Å². The van der Waals surface area contributed by atoms with Crippen LogP contribution >= 0.6 is 0 Å². The molecule has 0 aliphatic rings. The van der Waals surface area contributed by atoms with E-state index in [0.29, 0.717) is 6.42 Å². The Balaban J connectivity index is 3.85. The number of rotatable bonds is 5. The molecule has 0 saturated heterocycles. The zero-order valence-corrected chi connectivity index (χ0v) is 7.42. The van der Waals surface area contributed by atoms with Gasteiger partial charge >= 0.3 is 0 Å². The van der Waals surface area contributed by atoms with E-state index in [1.807, 2.05) is 6.92 Å². The van der Waals surface area contributed by atoms with Crippen molar-refractivity contribution in [2.24, 2.45) is 0 Å². The molecule has 0 saturated carbocycles. The summed E-state index contributed by atoms with van der Waals surface area (Å²) in [6, 6.07) is -0.280. The molecule has 0 spiro atoms. The fourth-order valence-corrected chi connectivity index (χ4v) is 1.06. The van der Waals surface area contributed by atoms with Crippen LogP contribution in [0.2, 0.25) is 0 Å². The molecule has 0 fully saturated rings. The van der Waals surface area contributed by atoms with E-state index < -0.39 is 5.97 Å². The van der Waals surface area contributed by atoms with Crippen LogP contribution in [0, 0.1) is 0 Å². The SMILES string of the molecule is CCCC(CC(=O)[O-])NC(C)=O. The van der Waals surface area contributed by atoms with Crippen LogP contribution in [0.1, 0.15) is 33.1 Å². The number of aliphatic carboxylic acids is 1. The van der Waals surface area contributed by atoms with Crippen LogP contribution in [-0.4, -0.2) is 17.9 Å². The number of hydrogen-bond acceptors (Lipinski definition) is 3. The van der Waals surface area contributed by atoms with Crippen molar-refractivity contribution in [1.82, 2.24) is 5.32 Å². The van der Waals surface area contributed by atoms with Gasteiger partial charge in [-0.15, -0.1) is 0 Å². The van der Waals surface area contributed by atoms with Gasteiger partial charge in [-0.25, -0.2) is 0 Å². The zero-order valence-electron chi connectivity index (χ0n) is 7.42. The smallest absolute Gasteiger partial charge is 0.217 e. The quantitative estimate of drug-likeness (QED) is 0.603. The molecule has 0 rings (SSSR count). The zero-order chi connectivity index (χ0) is 9.56. The molecule has 0 radical (unpaired) electrons. The summed E-state index contributed by atoms with van der Waals surface area (Å²) in [6.07, 6.45) is 1.42. The number of carbonyl (C=O) groups excluding carboxylic acids is 2. The van der Waals surface area contributed by atoms with Crippen LogP contribution in [0.25, 0.3) is 0 Å². The molecule has 0 bridgehead atoms. The number of carbonyl (C=O) groups is 2. The van der Waals surface area contributed by atoms with Gasteiger partial charge in [0.2, 0.25) is 5.91 Å². The van der Waals surface area contributed by atoms with Crippen molar-refractivity contribution in [2.45, 2.75) is 39.2 Å². The molecule has 1 unspecified atom stereocenters. The standard InChI is InChI=1S/C8H15NO3/c1-3-4-7(5-8(11)12)9-6(2)10/h7H,3-5H2,1-2H3,(H,9,10)(H,11,12)/p-1. The number of carboxylic acid groups (broad SMARTS) is 1. The van der Waals surface area contributed by atoms with Crippen LogP contribution < -0.4 is 10.4 Å². The second-order valence-corrected chi connectivity index (χ2v) is 2.76. The highest BCUT2D eigenvalue weighted by atomic mass is 16.4. The third-order valence-electron chi connectivity index (χ3n) is 1.46. The lowest BCUT2D eigenvalue weighted by molar-refractivity contribution is -0.306. The first-order valence-corrected chi connectivity index (χ1v) is 4.03. The number of nitrogens with one attached hydrogen (secondary N) is 1. The first-order chi connectivity index (χ1) is 5.56. The second kappa shape index (κ2) is 5.57. The lowest BCUT2D eigenvalue weighted by Crippen LogP contribution is -2.38. The summed E-state index contributed by atoms with van der Waals surface area (Å²) in [5.74, 6) is -1.32. The summed E-state index contributed by atoms with van der Waals surface area (Å²) in [6.45, 7) is 3.31. The summed E-state index contributed by atoms with van der Waals surface area (Å²) in [5.41, 5.74) is 0. The van der Waals surface area contributed by atoms with Gasteiger partial charge in [0.25, 0.3) is 0 Å². The summed E-state index contributed by atoms with van der Waals surface area (Å²) < 4.78 is 0. The summed E-state index contributed by atoms with van der Waals surface area (Å²) in [5, 5.41) is 12.8. The summed E-state index contributed by atoms with van der Waals surface area (Å²) in [4.78, 5) is 20.8. The Bertz CT molecular complexity index is 152. The fourth-order valence-electron chi connectivity index (χ4n) is 1.06. The average Bonchev–Trinajstić information content (AvgIpc) is 1.84. The van der Waals surface area contributed by atoms with E-state index in [1.165, 1.54) is 6.92 Å². The lowest BCUT2D eigenvalue weighted by Gasteiger charge is -2.17. The highest BCUT2D eigenvalue weighted by Gasteiger charge is 2.08. The first-order valence-electron chi connectivity index (χ1n) is 4.03. The van der Waals surface area contributed by atoms with Gasteiger partial charge in [-0.1, -0.05) is 13.3 Å². The first kappa shape index (κ1) is 10.9. The predicted molar refractivity (Wildman–Crippen MR) is 42.1 cm³/mol. The highest BCUT2D eigenvalue weighted by Crippen LogP contribution is 2.00. The maximum atomic E-state index is 10.6. The van der Waals surface area contributed by atoms with E-state index in [4.69, 9.17) is 0 Å². The molecule has 0 heterocycles. The normalized spacial score (nSPS) is 12.2. The van der Waals surface area contributed by atoms with E-state index in [2.05, 4.69) is 5.32 Å². The minimum Gasteiger partial charge on any atom is -0.550 e. The molecule has 1 atom stereocenters. The van der Waals surface area contributed by atoms with Gasteiger partial charge in [0, 0.05) is 25.4 Å². The molecular formula is C8H14NO3-. The van der Waals surface area contributed by atoms with Crippen LogP contribution in [0.4, 0.5) is 0 Å².